The summed E-state index contributed by atoms with van der Waals surface area (Å²) in [7, 11) is 0. The highest BCUT2D eigenvalue weighted by atomic mass is 16.7. The Morgan fingerprint density at radius 2 is 1.69 bits per heavy atom. The van der Waals surface area contributed by atoms with Gasteiger partial charge in [0.05, 0.1) is 6.61 Å². The van der Waals surface area contributed by atoms with E-state index in [0.717, 1.165) is 5.56 Å². The number of phenolic OH excluding ortho intramolecular Hbond substituents is 3. The van der Waals surface area contributed by atoms with Crippen LogP contribution in [-0.4, -0.2) is 68.0 Å². The maximum absolute atomic E-state index is 10.2. The monoisotopic (exact) mass is 406 g/mol. The minimum Gasteiger partial charge on any atom is -0.508 e. The van der Waals surface area contributed by atoms with Crippen molar-refractivity contribution in [2.45, 2.75) is 43.2 Å². The zero-order valence-electron chi connectivity index (χ0n) is 15.3. The van der Waals surface area contributed by atoms with Crippen molar-refractivity contribution in [1.29, 1.82) is 0 Å². The zero-order valence-corrected chi connectivity index (χ0v) is 15.3. The van der Waals surface area contributed by atoms with Crippen LogP contribution in [0.4, 0.5) is 0 Å². The van der Waals surface area contributed by atoms with Gasteiger partial charge in [-0.25, -0.2) is 0 Å². The molecule has 9 nitrogen and oxygen atoms in total. The highest BCUT2D eigenvalue weighted by molar-refractivity contribution is 5.45. The average molecular weight is 406 g/mol. The number of aromatic hydroxyl groups is 3. The molecule has 156 valence electrons. The van der Waals surface area contributed by atoms with Gasteiger partial charge in [0.1, 0.15) is 35.9 Å². The molecule has 4 rings (SSSR count). The Morgan fingerprint density at radius 3 is 2.45 bits per heavy atom. The van der Waals surface area contributed by atoms with Gasteiger partial charge in [0.2, 0.25) is 0 Å². The molecular weight excluding hydrogens is 384 g/mol. The van der Waals surface area contributed by atoms with E-state index in [2.05, 4.69) is 0 Å². The number of rotatable bonds is 3. The lowest BCUT2D eigenvalue weighted by Gasteiger charge is -2.40. The molecule has 2 aliphatic heterocycles. The topological polar surface area (TPSA) is 149 Å². The van der Waals surface area contributed by atoms with Gasteiger partial charge in [0.25, 0.3) is 0 Å². The van der Waals surface area contributed by atoms with E-state index in [1.54, 1.807) is 12.1 Å². The third-order valence-corrected chi connectivity index (χ3v) is 5.15. The summed E-state index contributed by atoms with van der Waals surface area (Å²) in [6, 6.07) is 8.86. The molecule has 2 aliphatic rings. The maximum Gasteiger partial charge on any atom is 0.186 e. The number of benzene rings is 2. The van der Waals surface area contributed by atoms with E-state index in [0.29, 0.717) is 17.7 Å². The van der Waals surface area contributed by atoms with Gasteiger partial charge in [-0.15, -0.1) is 0 Å². The standard InChI is InChI=1S/C20H22O9/c21-11-3-1-9-6-16(29-20-18(26)17(25)14(24)8-27-20)19(28-15(9)7-11)10-2-4-12(22)13(23)5-10/h1-5,7,14,16-26H,6,8H2/t14-,16+,17+,18-,19+,20-/m0/s1. The quantitative estimate of drug-likeness (QED) is 0.396. The normalized spacial score (nSPS) is 31.7. The first-order valence-electron chi connectivity index (χ1n) is 9.15. The Bertz CT molecular complexity index is 886. The van der Waals surface area contributed by atoms with E-state index in [4.69, 9.17) is 14.2 Å². The third kappa shape index (κ3) is 3.83. The molecular formula is C20H22O9. The number of ether oxygens (including phenoxy) is 3. The molecule has 2 aromatic rings. The fourth-order valence-corrected chi connectivity index (χ4v) is 3.55. The summed E-state index contributed by atoms with van der Waals surface area (Å²) >= 11 is 0. The van der Waals surface area contributed by atoms with Crippen molar-refractivity contribution in [3.63, 3.8) is 0 Å². The molecule has 0 unspecified atom stereocenters. The van der Waals surface area contributed by atoms with Gasteiger partial charge in [0, 0.05) is 12.5 Å². The second-order valence-electron chi connectivity index (χ2n) is 7.21. The smallest absolute Gasteiger partial charge is 0.186 e. The molecule has 1 fully saturated rings. The molecule has 6 N–H and O–H groups in total. The van der Waals surface area contributed by atoms with Gasteiger partial charge in [-0.05, 0) is 29.3 Å². The van der Waals surface area contributed by atoms with Crippen molar-refractivity contribution in [2.75, 3.05) is 6.61 Å². The average Bonchev–Trinajstić information content (AvgIpc) is 2.70. The van der Waals surface area contributed by atoms with Gasteiger partial charge < -0.3 is 44.8 Å². The van der Waals surface area contributed by atoms with Crippen LogP contribution in [0.15, 0.2) is 36.4 Å². The van der Waals surface area contributed by atoms with Crippen molar-refractivity contribution in [1.82, 2.24) is 0 Å². The van der Waals surface area contributed by atoms with Crippen LogP contribution in [0.3, 0.4) is 0 Å². The third-order valence-electron chi connectivity index (χ3n) is 5.15. The Labute approximate surface area is 166 Å². The number of fused-ring (bicyclic) bond motifs is 1. The van der Waals surface area contributed by atoms with Crippen LogP contribution < -0.4 is 4.74 Å². The van der Waals surface area contributed by atoms with E-state index in [-0.39, 0.29) is 23.9 Å². The molecule has 0 radical (unpaired) electrons. The summed E-state index contributed by atoms with van der Waals surface area (Å²) in [6.07, 6.45) is -6.44. The predicted molar refractivity (Wildman–Crippen MR) is 97.6 cm³/mol. The first-order chi connectivity index (χ1) is 13.8. The lowest BCUT2D eigenvalue weighted by molar-refractivity contribution is -0.290. The number of hydrogen-bond acceptors (Lipinski definition) is 9. The molecule has 0 bridgehead atoms. The van der Waals surface area contributed by atoms with E-state index < -0.39 is 36.8 Å². The van der Waals surface area contributed by atoms with Crippen molar-refractivity contribution in [2.24, 2.45) is 0 Å². The summed E-state index contributed by atoms with van der Waals surface area (Å²) in [5, 5.41) is 58.9. The van der Waals surface area contributed by atoms with Crippen LogP contribution in [0.5, 0.6) is 23.0 Å². The Kier molecular flexibility index (Phi) is 5.24. The van der Waals surface area contributed by atoms with Crippen LogP contribution in [0.1, 0.15) is 17.2 Å². The van der Waals surface area contributed by atoms with Gasteiger partial charge in [0.15, 0.2) is 23.9 Å². The summed E-state index contributed by atoms with van der Waals surface area (Å²) in [5.74, 6) is -0.163. The van der Waals surface area contributed by atoms with Gasteiger partial charge in [-0.3, -0.25) is 0 Å². The van der Waals surface area contributed by atoms with E-state index in [1.165, 1.54) is 24.3 Å². The van der Waals surface area contributed by atoms with Gasteiger partial charge in [-0.2, -0.15) is 0 Å². The van der Waals surface area contributed by atoms with Gasteiger partial charge in [-0.1, -0.05) is 12.1 Å². The minimum atomic E-state index is -1.46. The van der Waals surface area contributed by atoms with Crippen LogP contribution in [-0.2, 0) is 15.9 Å². The fraction of sp³-hybridized carbons (Fsp3) is 0.400. The lowest BCUT2D eigenvalue weighted by Crippen LogP contribution is -2.55. The van der Waals surface area contributed by atoms with Crippen LogP contribution in [0.25, 0.3) is 0 Å². The number of aliphatic hydroxyl groups is 3. The van der Waals surface area contributed by atoms with Crippen LogP contribution in [0, 0.1) is 0 Å². The molecule has 1 saturated heterocycles. The summed E-state index contributed by atoms with van der Waals surface area (Å²) in [4.78, 5) is 0. The Balaban J connectivity index is 1.64. The molecule has 0 spiro atoms. The van der Waals surface area contributed by atoms with Crippen molar-refractivity contribution in [3.05, 3.63) is 47.5 Å². The SMILES string of the molecule is Oc1ccc2c(c1)O[C@H](c1ccc(O)c(O)c1)[C@H](O[C@@H]1OC[C@H](O)[C@@H](O)[C@@H]1O)C2. The summed E-state index contributed by atoms with van der Waals surface area (Å²) in [5.41, 5.74) is 1.24. The lowest BCUT2D eigenvalue weighted by atomic mass is 9.94. The van der Waals surface area contributed by atoms with Crippen molar-refractivity contribution < 1.29 is 44.8 Å². The predicted octanol–water partition coefficient (Wildman–Crippen LogP) is 0.304. The molecule has 2 heterocycles. The largest absolute Gasteiger partial charge is 0.508 e. The first kappa shape index (κ1) is 19.7. The van der Waals surface area contributed by atoms with Crippen LogP contribution >= 0.6 is 0 Å². The second-order valence-corrected chi connectivity index (χ2v) is 7.21. The molecule has 0 aromatic heterocycles. The Morgan fingerprint density at radius 1 is 0.897 bits per heavy atom. The highest BCUT2D eigenvalue weighted by Gasteiger charge is 2.42. The zero-order chi connectivity index (χ0) is 20.7. The van der Waals surface area contributed by atoms with Gasteiger partial charge >= 0.3 is 0 Å². The van der Waals surface area contributed by atoms with Crippen molar-refractivity contribution in [3.8, 4) is 23.0 Å². The van der Waals surface area contributed by atoms with E-state index >= 15 is 0 Å². The molecule has 0 saturated carbocycles. The molecule has 0 amide bonds. The first-order valence-corrected chi connectivity index (χ1v) is 9.15. The highest BCUT2D eigenvalue weighted by Crippen LogP contribution is 2.41. The molecule has 29 heavy (non-hydrogen) atoms. The molecule has 6 atom stereocenters. The molecule has 2 aromatic carbocycles. The summed E-state index contributed by atoms with van der Waals surface area (Å²) < 4.78 is 17.3. The minimum absolute atomic E-state index is 0.0265. The number of phenols is 3. The molecule has 9 heteroatoms. The maximum atomic E-state index is 10.2. The van der Waals surface area contributed by atoms with E-state index in [1.807, 2.05) is 0 Å². The van der Waals surface area contributed by atoms with E-state index in [9.17, 15) is 30.6 Å². The molecule has 0 aliphatic carbocycles. The second kappa shape index (κ2) is 7.69. The fourth-order valence-electron chi connectivity index (χ4n) is 3.55. The number of hydrogen-bond donors (Lipinski definition) is 6. The number of aliphatic hydroxyl groups excluding tert-OH is 3. The van der Waals surface area contributed by atoms with Crippen molar-refractivity contribution >= 4 is 0 Å². The summed E-state index contributed by atoms with van der Waals surface area (Å²) in [6.45, 7) is -0.203. The Hall–Kier alpha value is -2.56. The van der Waals surface area contributed by atoms with Crippen LogP contribution in [0.2, 0.25) is 0 Å².